The van der Waals surface area contributed by atoms with E-state index in [2.05, 4.69) is 4.74 Å². The lowest BCUT2D eigenvalue weighted by Gasteiger charge is -2.19. The highest BCUT2D eigenvalue weighted by atomic mass is 16.6. The Bertz CT molecular complexity index is 903. The van der Waals surface area contributed by atoms with E-state index in [-0.39, 0.29) is 18.6 Å². The summed E-state index contributed by atoms with van der Waals surface area (Å²) in [5.41, 5.74) is 2.62. The number of ether oxygens (including phenoxy) is 3. The second-order valence-corrected chi connectivity index (χ2v) is 7.03. The van der Waals surface area contributed by atoms with E-state index in [1.54, 1.807) is 23.1 Å². The molecule has 0 bridgehead atoms. The second-order valence-electron chi connectivity index (χ2n) is 7.03. The number of carbonyl (C=O) groups excluding carboxylic acids is 2. The fourth-order valence-corrected chi connectivity index (χ4v) is 3.04. The number of carbonyl (C=O) groups is 2. The normalized spacial score (nSPS) is 12.1. The highest BCUT2D eigenvalue weighted by Crippen LogP contribution is 2.34. The van der Waals surface area contributed by atoms with Crippen molar-refractivity contribution in [1.82, 2.24) is 4.90 Å². The van der Waals surface area contributed by atoms with E-state index in [9.17, 15) is 9.59 Å². The Morgan fingerprint density at radius 2 is 1.71 bits per heavy atom. The van der Waals surface area contributed by atoms with Crippen molar-refractivity contribution in [2.45, 2.75) is 33.8 Å². The van der Waals surface area contributed by atoms with Crippen LogP contribution in [0.2, 0.25) is 0 Å². The fourth-order valence-electron chi connectivity index (χ4n) is 3.04. The van der Waals surface area contributed by atoms with Crippen LogP contribution in [-0.4, -0.2) is 43.6 Å². The van der Waals surface area contributed by atoms with Gasteiger partial charge in [0.2, 0.25) is 5.91 Å². The molecule has 1 atom stereocenters. The smallest absolute Gasteiger partial charge is 0.343 e. The third kappa shape index (κ3) is 6.88. The van der Waals surface area contributed by atoms with E-state index in [1.807, 2.05) is 64.1 Å². The number of nitrogens with zero attached hydrogens (tertiary/aromatic N) is 1. The first-order chi connectivity index (χ1) is 14.9. The SMILES string of the molecule is CCN(CC)C(=O)/C=C(\C)c1ccc(OC(C)c2ccccc2)c(OCC(=O)OC)c1. The molecule has 2 aromatic carbocycles. The van der Waals surface area contributed by atoms with Gasteiger partial charge >= 0.3 is 5.97 Å². The van der Waals surface area contributed by atoms with Crippen molar-refractivity contribution >= 4 is 17.4 Å². The molecule has 0 spiro atoms. The zero-order valence-electron chi connectivity index (χ0n) is 18.9. The Labute approximate surface area is 184 Å². The summed E-state index contributed by atoms with van der Waals surface area (Å²) in [5.74, 6) is 0.384. The Morgan fingerprint density at radius 1 is 1.03 bits per heavy atom. The lowest BCUT2D eigenvalue weighted by Crippen LogP contribution is -2.28. The molecule has 0 aliphatic rings. The molecule has 0 aliphatic carbocycles. The summed E-state index contributed by atoms with van der Waals surface area (Å²) in [5, 5.41) is 0. The van der Waals surface area contributed by atoms with E-state index >= 15 is 0 Å². The Morgan fingerprint density at radius 3 is 2.32 bits per heavy atom. The van der Waals surface area contributed by atoms with Gasteiger partial charge in [-0.25, -0.2) is 4.79 Å². The molecule has 0 aromatic heterocycles. The van der Waals surface area contributed by atoms with Gasteiger partial charge in [0, 0.05) is 19.2 Å². The lowest BCUT2D eigenvalue weighted by atomic mass is 10.1. The molecule has 1 amide bonds. The predicted octanol–water partition coefficient (Wildman–Crippen LogP) is 4.65. The summed E-state index contributed by atoms with van der Waals surface area (Å²) in [6.07, 6.45) is 1.40. The quantitative estimate of drug-likeness (QED) is 0.410. The van der Waals surface area contributed by atoms with Gasteiger partial charge in [-0.1, -0.05) is 36.4 Å². The van der Waals surface area contributed by atoms with Gasteiger partial charge in [0.05, 0.1) is 7.11 Å². The third-order valence-electron chi connectivity index (χ3n) is 4.96. The van der Waals surface area contributed by atoms with Crippen LogP contribution in [0.4, 0.5) is 0 Å². The van der Waals surface area contributed by atoms with E-state index in [4.69, 9.17) is 9.47 Å². The molecule has 0 N–H and O–H groups in total. The number of amides is 1. The number of rotatable bonds is 10. The Balaban J connectivity index is 2.31. The lowest BCUT2D eigenvalue weighted by molar-refractivity contribution is -0.143. The van der Waals surface area contributed by atoms with Crippen LogP contribution in [0.1, 0.15) is 44.9 Å². The summed E-state index contributed by atoms with van der Waals surface area (Å²) in [6.45, 7) is 8.77. The van der Waals surface area contributed by atoms with Gasteiger partial charge in [-0.15, -0.1) is 0 Å². The summed E-state index contributed by atoms with van der Waals surface area (Å²) in [6, 6.07) is 15.3. The zero-order valence-corrected chi connectivity index (χ0v) is 18.9. The van der Waals surface area contributed by atoms with Gasteiger partial charge in [-0.2, -0.15) is 0 Å². The monoisotopic (exact) mass is 425 g/mol. The molecule has 2 rings (SSSR count). The van der Waals surface area contributed by atoms with Crippen LogP contribution in [-0.2, 0) is 14.3 Å². The number of benzene rings is 2. The number of likely N-dealkylation sites (N-methyl/N-ethyl adjacent to an activating group) is 1. The van der Waals surface area contributed by atoms with Crippen molar-refractivity contribution in [2.24, 2.45) is 0 Å². The van der Waals surface area contributed by atoms with Gasteiger partial charge in [0.15, 0.2) is 18.1 Å². The minimum absolute atomic E-state index is 0.0439. The van der Waals surface area contributed by atoms with Gasteiger partial charge in [-0.3, -0.25) is 4.79 Å². The first kappa shape index (κ1) is 24.0. The standard InChI is InChI=1S/C25H31NO5/c1-6-26(7-2)24(27)15-18(3)21-13-14-22(23(16-21)30-17-25(28)29-5)31-19(4)20-11-9-8-10-12-20/h8-16,19H,6-7,17H2,1-5H3/b18-15+. The predicted molar refractivity (Wildman–Crippen MR) is 121 cm³/mol. The molecule has 0 radical (unpaired) electrons. The van der Waals surface area contributed by atoms with Gasteiger partial charge in [-0.05, 0) is 56.5 Å². The number of methoxy groups -OCH3 is 1. The minimum atomic E-state index is -0.489. The fraction of sp³-hybridized carbons (Fsp3) is 0.360. The van der Waals surface area contributed by atoms with Crippen LogP contribution >= 0.6 is 0 Å². The average Bonchev–Trinajstić information content (AvgIpc) is 2.79. The van der Waals surface area contributed by atoms with Crippen molar-refractivity contribution < 1.29 is 23.8 Å². The van der Waals surface area contributed by atoms with Crippen molar-refractivity contribution in [1.29, 1.82) is 0 Å². The minimum Gasteiger partial charge on any atom is -0.482 e. The number of esters is 1. The summed E-state index contributed by atoms with van der Waals surface area (Å²) < 4.78 is 16.5. The van der Waals surface area contributed by atoms with Gasteiger partial charge in [0.1, 0.15) is 6.10 Å². The third-order valence-corrected chi connectivity index (χ3v) is 4.96. The van der Waals surface area contributed by atoms with E-state index < -0.39 is 5.97 Å². The van der Waals surface area contributed by atoms with Gasteiger partial charge < -0.3 is 19.1 Å². The molecular weight excluding hydrogens is 394 g/mol. The molecule has 2 aromatic rings. The maximum atomic E-state index is 12.4. The second kappa shape index (κ2) is 11.8. The molecule has 0 fully saturated rings. The molecule has 0 aliphatic heterocycles. The Hall–Kier alpha value is -3.28. The molecule has 1 unspecified atom stereocenters. The Kier molecular flexibility index (Phi) is 9.13. The summed E-state index contributed by atoms with van der Waals surface area (Å²) >= 11 is 0. The van der Waals surface area contributed by atoms with Crippen molar-refractivity contribution in [3.8, 4) is 11.5 Å². The molecular formula is C25H31NO5. The molecule has 166 valence electrons. The zero-order chi connectivity index (χ0) is 22.8. The topological polar surface area (TPSA) is 65.1 Å². The molecule has 0 saturated heterocycles. The van der Waals surface area contributed by atoms with Crippen molar-refractivity contribution in [2.75, 3.05) is 26.8 Å². The van der Waals surface area contributed by atoms with Crippen LogP contribution in [0.3, 0.4) is 0 Å². The molecule has 0 heterocycles. The largest absolute Gasteiger partial charge is 0.482 e. The highest BCUT2D eigenvalue weighted by Gasteiger charge is 2.15. The van der Waals surface area contributed by atoms with E-state index in [0.29, 0.717) is 24.6 Å². The number of hydrogen-bond donors (Lipinski definition) is 0. The number of hydrogen-bond acceptors (Lipinski definition) is 5. The van der Waals surface area contributed by atoms with E-state index in [0.717, 1.165) is 16.7 Å². The maximum Gasteiger partial charge on any atom is 0.343 e. The van der Waals surface area contributed by atoms with Gasteiger partial charge in [0.25, 0.3) is 0 Å². The molecule has 0 saturated carbocycles. The first-order valence-electron chi connectivity index (χ1n) is 10.4. The summed E-state index contributed by atoms with van der Waals surface area (Å²) in [4.78, 5) is 25.8. The first-order valence-corrected chi connectivity index (χ1v) is 10.4. The molecule has 31 heavy (non-hydrogen) atoms. The molecule has 6 heteroatoms. The maximum absolute atomic E-state index is 12.4. The average molecular weight is 426 g/mol. The van der Waals surface area contributed by atoms with Crippen LogP contribution < -0.4 is 9.47 Å². The molecule has 6 nitrogen and oxygen atoms in total. The number of allylic oxidation sites excluding steroid dienone is 1. The van der Waals surface area contributed by atoms with E-state index in [1.165, 1.54) is 7.11 Å². The van der Waals surface area contributed by atoms with Crippen molar-refractivity contribution in [3.63, 3.8) is 0 Å². The van der Waals surface area contributed by atoms with Crippen LogP contribution in [0.25, 0.3) is 5.57 Å². The van der Waals surface area contributed by atoms with Crippen LogP contribution in [0.15, 0.2) is 54.6 Å². The van der Waals surface area contributed by atoms with Crippen LogP contribution in [0.5, 0.6) is 11.5 Å². The van der Waals surface area contributed by atoms with Crippen molar-refractivity contribution in [3.05, 3.63) is 65.7 Å². The van der Waals surface area contributed by atoms with Crippen LogP contribution in [0, 0.1) is 0 Å². The highest BCUT2D eigenvalue weighted by molar-refractivity contribution is 5.95. The summed E-state index contributed by atoms with van der Waals surface area (Å²) in [7, 11) is 1.31.